The van der Waals surface area contributed by atoms with Gasteiger partial charge in [-0.2, -0.15) is 0 Å². The molecule has 1 aromatic rings. The van der Waals surface area contributed by atoms with E-state index in [-0.39, 0.29) is 18.6 Å². The van der Waals surface area contributed by atoms with Gasteiger partial charge in [-0.05, 0) is 25.5 Å². The molecule has 0 aromatic heterocycles. The van der Waals surface area contributed by atoms with Crippen molar-refractivity contribution < 1.29 is 9.90 Å². The summed E-state index contributed by atoms with van der Waals surface area (Å²) in [7, 11) is 3.72. The molecule has 0 saturated carbocycles. The average molecular weight is 263 g/mol. The summed E-state index contributed by atoms with van der Waals surface area (Å²) in [5.41, 5.74) is 9.55. The zero-order valence-corrected chi connectivity index (χ0v) is 11.9. The molecule has 0 unspecified atom stereocenters. The van der Waals surface area contributed by atoms with E-state index in [1.165, 1.54) is 0 Å². The summed E-state index contributed by atoms with van der Waals surface area (Å²) in [6, 6.07) is 1.99. The first kappa shape index (κ1) is 13.7. The number of anilines is 2. The number of nitrogens with two attached hydrogens (primary N) is 1. The van der Waals surface area contributed by atoms with Crippen LogP contribution in [0.1, 0.15) is 35.3 Å². The van der Waals surface area contributed by atoms with Gasteiger partial charge in [-0.1, -0.05) is 0 Å². The van der Waals surface area contributed by atoms with E-state index in [4.69, 9.17) is 5.73 Å². The molecule has 0 saturated heterocycles. The van der Waals surface area contributed by atoms with Crippen LogP contribution >= 0.6 is 0 Å². The Hall–Kier alpha value is -1.75. The topological polar surface area (TPSA) is 69.8 Å². The molecule has 0 aliphatic carbocycles. The molecule has 5 heteroatoms. The van der Waals surface area contributed by atoms with E-state index in [9.17, 15) is 9.90 Å². The Morgan fingerprint density at radius 1 is 1.47 bits per heavy atom. The predicted octanol–water partition coefficient (Wildman–Crippen LogP) is 1.19. The van der Waals surface area contributed by atoms with Gasteiger partial charge < -0.3 is 20.6 Å². The molecule has 0 fully saturated rings. The fourth-order valence-corrected chi connectivity index (χ4v) is 2.70. The Morgan fingerprint density at radius 3 is 2.58 bits per heavy atom. The van der Waals surface area contributed by atoms with Gasteiger partial charge in [0.1, 0.15) is 0 Å². The number of carbonyl (C=O) groups excluding carboxylic acids is 1. The number of aliphatic hydroxyl groups excluding tert-OH is 1. The zero-order valence-electron chi connectivity index (χ0n) is 11.9. The van der Waals surface area contributed by atoms with Crippen LogP contribution in [-0.4, -0.2) is 36.1 Å². The molecule has 2 rings (SSSR count). The average Bonchev–Trinajstić information content (AvgIpc) is 2.64. The second-order valence-electron chi connectivity index (χ2n) is 5.41. The van der Waals surface area contributed by atoms with Crippen LogP contribution in [0.3, 0.4) is 0 Å². The lowest BCUT2D eigenvalue weighted by molar-refractivity contribution is 0.0728. The third kappa shape index (κ3) is 2.04. The summed E-state index contributed by atoms with van der Waals surface area (Å²) in [5.74, 6) is -0.0165. The number of nitrogen functional groups attached to an aromatic ring is 1. The van der Waals surface area contributed by atoms with E-state index in [1.54, 1.807) is 4.90 Å². The van der Waals surface area contributed by atoms with Crippen LogP contribution in [0, 0.1) is 0 Å². The van der Waals surface area contributed by atoms with Crippen molar-refractivity contribution in [1.82, 2.24) is 4.90 Å². The van der Waals surface area contributed by atoms with E-state index in [0.29, 0.717) is 23.4 Å². The lowest BCUT2D eigenvalue weighted by Gasteiger charge is -2.21. The Morgan fingerprint density at radius 2 is 2.11 bits per heavy atom. The molecule has 5 nitrogen and oxygen atoms in total. The fourth-order valence-electron chi connectivity index (χ4n) is 2.70. The number of hydrogen-bond donors (Lipinski definition) is 2. The van der Waals surface area contributed by atoms with Crippen LogP contribution < -0.4 is 10.6 Å². The van der Waals surface area contributed by atoms with Crippen molar-refractivity contribution in [3.05, 3.63) is 22.8 Å². The van der Waals surface area contributed by atoms with E-state index in [1.807, 2.05) is 38.9 Å². The summed E-state index contributed by atoms with van der Waals surface area (Å²) in [6.07, 6.45) is 0. The standard InChI is InChI=1S/C14H21N3O2/c1-8(2)17-6-9-5-11(15)13(16(3)4)10(7-18)12(9)14(17)19/h5,8,18H,6-7,15H2,1-4H3. The van der Waals surface area contributed by atoms with Crippen molar-refractivity contribution >= 4 is 17.3 Å². The summed E-state index contributed by atoms with van der Waals surface area (Å²) >= 11 is 0. The lowest BCUT2D eigenvalue weighted by Crippen LogP contribution is -2.31. The first-order valence-corrected chi connectivity index (χ1v) is 6.41. The molecule has 1 amide bonds. The number of aliphatic hydroxyl groups is 1. The normalized spacial score (nSPS) is 14.2. The highest BCUT2D eigenvalue weighted by molar-refractivity contribution is 6.02. The van der Waals surface area contributed by atoms with Crippen LogP contribution in [0.4, 0.5) is 11.4 Å². The smallest absolute Gasteiger partial charge is 0.255 e. The Bertz CT molecular complexity index is 524. The van der Waals surface area contributed by atoms with Crippen LogP contribution in [0.25, 0.3) is 0 Å². The number of carbonyl (C=O) groups is 1. The molecule has 104 valence electrons. The number of rotatable bonds is 3. The van der Waals surface area contributed by atoms with Gasteiger partial charge in [0.25, 0.3) is 5.91 Å². The molecular formula is C14H21N3O2. The quantitative estimate of drug-likeness (QED) is 0.804. The van der Waals surface area contributed by atoms with Crippen molar-refractivity contribution in [3.63, 3.8) is 0 Å². The largest absolute Gasteiger partial charge is 0.397 e. The molecule has 1 aliphatic heterocycles. The van der Waals surface area contributed by atoms with E-state index in [0.717, 1.165) is 11.3 Å². The second kappa shape index (κ2) is 4.74. The van der Waals surface area contributed by atoms with Crippen LogP contribution in [0.2, 0.25) is 0 Å². The maximum Gasteiger partial charge on any atom is 0.255 e. The van der Waals surface area contributed by atoms with Crippen molar-refractivity contribution in [2.75, 3.05) is 24.7 Å². The van der Waals surface area contributed by atoms with E-state index in [2.05, 4.69) is 0 Å². The monoisotopic (exact) mass is 263 g/mol. The van der Waals surface area contributed by atoms with Gasteiger partial charge in [0, 0.05) is 32.2 Å². The number of amides is 1. The first-order valence-electron chi connectivity index (χ1n) is 6.41. The highest BCUT2D eigenvalue weighted by atomic mass is 16.3. The molecule has 1 aliphatic rings. The van der Waals surface area contributed by atoms with Gasteiger partial charge in [0.2, 0.25) is 0 Å². The number of nitrogens with zero attached hydrogens (tertiary/aromatic N) is 2. The Balaban J connectivity index is 2.64. The highest BCUT2D eigenvalue weighted by Gasteiger charge is 2.33. The highest BCUT2D eigenvalue weighted by Crippen LogP contribution is 2.37. The molecular weight excluding hydrogens is 242 g/mol. The minimum absolute atomic E-state index is 0.0165. The maximum atomic E-state index is 12.5. The summed E-state index contributed by atoms with van der Waals surface area (Å²) in [4.78, 5) is 16.1. The molecule has 0 atom stereocenters. The molecule has 0 spiro atoms. The molecule has 0 radical (unpaired) electrons. The Labute approximate surface area is 113 Å². The van der Waals surface area contributed by atoms with Crippen molar-refractivity contribution in [2.24, 2.45) is 0 Å². The molecule has 19 heavy (non-hydrogen) atoms. The van der Waals surface area contributed by atoms with Gasteiger partial charge in [-0.25, -0.2) is 0 Å². The first-order chi connectivity index (χ1) is 8.88. The number of fused-ring (bicyclic) bond motifs is 1. The van der Waals surface area contributed by atoms with Crippen LogP contribution in [0.5, 0.6) is 0 Å². The minimum Gasteiger partial charge on any atom is -0.397 e. The maximum absolute atomic E-state index is 12.5. The van der Waals surface area contributed by atoms with E-state index >= 15 is 0 Å². The zero-order chi connectivity index (χ0) is 14.3. The Kier molecular flexibility index (Phi) is 3.41. The van der Waals surface area contributed by atoms with Gasteiger partial charge in [0.15, 0.2) is 0 Å². The summed E-state index contributed by atoms with van der Waals surface area (Å²) in [6.45, 7) is 4.35. The SMILES string of the molecule is CC(C)N1Cc2cc(N)c(N(C)C)c(CO)c2C1=O. The van der Waals surface area contributed by atoms with Crippen molar-refractivity contribution in [3.8, 4) is 0 Å². The van der Waals surface area contributed by atoms with Crippen molar-refractivity contribution in [1.29, 1.82) is 0 Å². The molecule has 0 bridgehead atoms. The molecule has 3 N–H and O–H groups in total. The molecule has 1 aromatic carbocycles. The second-order valence-corrected chi connectivity index (χ2v) is 5.41. The van der Waals surface area contributed by atoms with Gasteiger partial charge in [-0.3, -0.25) is 4.79 Å². The van der Waals surface area contributed by atoms with E-state index < -0.39 is 0 Å². The van der Waals surface area contributed by atoms with Crippen LogP contribution in [-0.2, 0) is 13.2 Å². The molecule has 1 heterocycles. The van der Waals surface area contributed by atoms with Crippen LogP contribution in [0.15, 0.2) is 6.07 Å². The lowest BCUT2D eigenvalue weighted by atomic mass is 9.99. The predicted molar refractivity (Wildman–Crippen MR) is 76.1 cm³/mol. The fraction of sp³-hybridized carbons (Fsp3) is 0.500. The number of hydrogen-bond acceptors (Lipinski definition) is 4. The van der Waals surface area contributed by atoms with Gasteiger partial charge in [0.05, 0.1) is 23.5 Å². The van der Waals surface area contributed by atoms with Crippen molar-refractivity contribution in [2.45, 2.75) is 33.0 Å². The summed E-state index contributed by atoms with van der Waals surface area (Å²) < 4.78 is 0. The minimum atomic E-state index is -0.182. The van der Waals surface area contributed by atoms with Gasteiger partial charge >= 0.3 is 0 Å². The third-order valence-electron chi connectivity index (χ3n) is 3.56. The van der Waals surface area contributed by atoms with Gasteiger partial charge in [-0.15, -0.1) is 0 Å². The number of benzene rings is 1. The third-order valence-corrected chi connectivity index (χ3v) is 3.56. The summed E-state index contributed by atoms with van der Waals surface area (Å²) in [5, 5.41) is 9.65.